The van der Waals surface area contributed by atoms with Gasteiger partial charge in [-0.15, -0.1) is 0 Å². The summed E-state index contributed by atoms with van der Waals surface area (Å²) in [6, 6.07) is 0.847. The Balaban J connectivity index is 2.27. The third-order valence-corrected chi connectivity index (χ3v) is 2.93. The van der Waals surface area contributed by atoms with Crippen molar-refractivity contribution >= 4 is 5.97 Å². The topological polar surface area (TPSA) is 38.3 Å². The number of ether oxygens (including phenoxy) is 1. The van der Waals surface area contributed by atoms with Gasteiger partial charge in [-0.05, 0) is 19.8 Å². The van der Waals surface area contributed by atoms with Crippen LogP contribution in [0.4, 0.5) is 0 Å². The van der Waals surface area contributed by atoms with E-state index >= 15 is 0 Å². The first kappa shape index (κ1) is 10.5. The fraction of sp³-hybridized carbons (Fsp3) is 0.900. The first-order valence-electron chi connectivity index (χ1n) is 4.99. The normalized spacial score (nSPS) is 21.8. The molecule has 1 N–H and O–H groups in total. The van der Waals surface area contributed by atoms with Crippen LogP contribution >= 0.6 is 0 Å². The lowest BCUT2D eigenvalue weighted by molar-refractivity contribution is -0.145. The molecule has 0 radical (unpaired) electrons. The number of carbonyl (C=O) groups is 1. The van der Waals surface area contributed by atoms with Crippen molar-refractivity contribution in [1.82, 2.24) is 5.32 Å². The van der Waals surface area contributed by atoms with Crippen LogP contribution in [0.25, 0.3) is 0 Å². The summed E-state index contributed by atoms with van der Waals surface area (Å²) < 4.78 is 4.69. The van der Waals surface area contributed by atoms with E-state index in [1.54, 1.807) is 0 Å². The maximum absolute atomic E-state index is 11.2. The minimum Gasteiger partial charge on any atom is -0.469 e. The van der Waals surface area contributed by atoms with Gasteiger partial charge in [-0.1, -0.05) is 13.3 Å². The van der Waals surface area contributed by atoms with Crippen LogP contribution in [0.2, 0.25) is 0 Å². The number of hydrogen-bond acceptors (Lipinski definition) is 3. The summed E-state index contributed by atoms with van der Waals surface area (Å²) in [7, 11) is 1.44. The molecule has 3 heteroatoms. The van der Waals surface area contributed by atoms with Gasteiger partial charge in [0.2, 0.25) is 0 Å². The number of hydrogen-bond donors (Lipinski definition) is 1. The summed E-state index contributed by atoms with van der Waals surface area (Å²) >= 11 is 0. The highest BCUT2D eigenvalue weighted by Crippen LogP contribution is 2.20. The highest BCUT2D eigenvalue weighted by molar-refractivity contribution is 5.72. The van der Waals surface area contributed by atoms with Gasteiger partial charge < -0.3 is 10.1 Å². The second-order valence-corrected chi connectivity index (χ2v) is 3.90. The van der Waals surface area contributed by atoms with Gasteiger partial charge in [-0.2, -0.15) is 0 Å². The van der Waals surface area contributed by atoms with Gasteiger partial charge >= 0.3 is 5.97 Å². The number of nitrogens with one attached hydrogen (secondary N) is 1. The van der Waals surface area contributed by atoms with Crippen LogP contribution < -0.4 is 5.32 Å². The molecule has 0 aromatic carbocycles. The van der Waals surface area contributed by atoms with Gasteiger partial charge in [0.1, 0.15) is 0 Å². The Labute approximate surface area is 79.8 Å². The molecule has 0 heterocycles. The minimum atomic E-state index is -0.126. The molecule has 1 aliphatic rings. The van der Waals surface area contributed by atoms with Gasteiger partial charge in [0, 0.05) is 12.1 Å². The Hall–Kier alpha value is -0.570. The van der Waals surface area contributed by atoms with Crippen molar-refractivity contribution in [2.45, 2.75) is 45.2 Å². The van der Waals surface area contributed by atoms with Crippen molar-refractivity contribution in [3.05, 3.63) is 0 Å². The quantitative estimate of drug-likeness (QED) is 0.671. The van der Waals surface area contributed by atoms with Gasteiger partial charge in [0.15, 0.2) is 0 Å². The molecule has 0 aromatic heterocycles. The van der Waals surface area contributed by atoms with E-state index in [0.29, 0.717) is 6.04 Å². The van der Waals surface area contributed by atoms with E-state index in [2.05, 4.69) is 10.1 Å². The lowest BCUT2D eigenvalue weighted by atomic mass is 9.91. The Bertz CT molecular complexity index is 178. The molecular formula is C10H19NO2. The van der Waals surface area contributed by atoms with Crippen LogP contribution in [0.1, 0.15) is 33.1 Å². The van der Waals surface area contributed by atoms with E-state index in [4.69, 9.17) is 0 Å². The molecule has 13 heavy (non-hydrogen) atoms. The van der Waals surface area contributed by atoms with E-state index in [1.807, 2.05) is 13.8 Å². The second kappa shape index (κ2) is 4.61. The van der Waals surface area contributed by atoms with Gasteiger partial charge in [0.05, 0.1) is 13.0 Å². The number of rotatable bonds is 4. The summed E-state index contributed by atoms with van der Waals surface area (Å²) in [4.78, 5) is 11.2. The molecule has 0 saturated heterocycles. The zero-order valence-corrected chi connectivity index (χ0v) is 8.67. The zero-order chi connectivity index (χ0) is 9.84. The largest absolute Gasteiger partial charge is 0.469 e. The summed E-state index contributed by atoms with van der Waals surface area (Å²) in [6.07, 6.45) is 3.81. The average molecular weight is 185 g/mol. The second-order valence-electron chi connectivity index (χ2n) is 3.90. The van der Waals surface area contributed by atoms with Crippen LogP contribution in [-0.4, -0.2) is 25.2 Å². The minimum absolute atomic E-state index is 0.0504. The summed E-state index contributed by atoms with van der Waals surface area (Å²) in [5.74, 6) is -0.176. The Kier molecular flexibility index (Phi) is 3.72. The number of esters is 1. The standard InChI is InChI=1S/C10H19NO2/c1-7(10(12)13-3)8(2)11-9-5-4-6-9/h7-9,11H,4-6H2,1-3H3. The van der Waals surface area contributed by atoms with Gasteiger partial charge in [0.25, 0.3) is 0 Å². The van der Waals surface area contributed by atoms with Crippen molar-refractivity contribution in [3.63, 3.8) is 0 Å². The molecule has 1 saturated carbocycles. The molecule has 0 spiro atoms. The van der Waals surface area contributed by atoms with E-state index in [0.717, 1.165) is 0 Å². The molecule has 2 unspecified atom stereocenters. The maximum atomic E-state index is 11.2. The first-order chi connectivity index (χ1) is 6.15. The predicted octanol–water partition coefficient (Wildman–Crippen LogP) is 1.33. The first-order valence-corrected chi connectivity index (χ1v) is 4.99. The fourth-order valence-corrected chi connectivity index (χ4v) is 1.48. The lowest BCUT2D eigenvalue weighted by Crippen LogP contribution is -2.45. The molecule has 1 rings (SSSR count). The van der Waals surface area contributed by atoms with Crippen molar-refractivity contribution in [2.24, 2.45) is 5.92 Å². The van der Waals surface area contributed by atoms with E-state index in [-0.39, 0.29) is 17.9 Å². The lowest BCUT2D eigenvalue weighted by Gasteiger charge is -2.31. The number of methoxy groups -OCH3 is 1. The molecular weight excluding hydrogens is 166 g/mol. The number of carbonyl (C=O) groups excluding carboxylic acids is 1. The summed E-state index contributed by atoms with van der Waals surface area (Å²) in [5.41, 5.74) is 0. The smallest absolute Gasteiger partial charge is 0.309 e. The van der Waals surface area contributed by atoms with Crippen molar-refractivity contribution in [2.75, 3.05) is 7.11 Å². The SMILES string of the molecule is COC(=O)C(C)C(C)NC1CCC1. The molecule has 0 aliphatic heterocycles. The zero-order valence-electron chi connectivity index (χ0n) is 8.67. The highest BCUT2D eigenvalue weighted by Gasteiger charge is 2.25. The third-order valence-electron chi connectivity index (χ3n) is 2.93. The monoisotopic (exact) mass is 185 g/mol. The van der Waals surface area contributed by atoms with Crippen LogP contribution in [-0.2, 0) is 9.53 Å². The van der Waals surface area contributed by atoms with Crippen molar-refractivity contribution < 1.29 is 9.53 Å². The van der Waals surface area contributed by atoms with E-state index in [9.17, 15) is 4.79 Å². The molecule has 0 bridgehead atoms. The van der Waals surface area contributed by atoms with E-state index in [1.165, 1.54) is 26.4 Å². The molecule has 1 fully saturated rings. The maximum Gasteiger partial charge on any atom is 0.309 e. The van der Waals surface area contributed by atoms with Crippen molar-refractivity contribution in [3.8, 4) is 0 Å². The molecule has 3 nitrogen and oxygen atoms in total. The molecule has 76 valence electrons. The van der Waals surface area contributed by atoms with Crippen LogP contribution in [0.15, 0.2) is 0 Å². The van der Waals surface area contributed by atoms with Gasteiger partial charge in [-0.3, -0.25) is 4.79 Å². The molecule has 2 atom stereocenters. The van der Waals surface area contributed by atoms with Crippen LogP contribution in [0.3, 0.4) is 0 Å². The van der Waals surface area contributed by atoms with E-state index < -0.39 is 0 Å². The van der Waals surface area contributed by atoms with Crippen LogP contribution in [0, 0.1) is 5.92 Å². The molecule has 0 aromatic rings. The van der Waals surface area contributed by atoms with Crippen LogP contribution in [0.5, 0.6) is 0 Å². The third kappa shape index (κ3) is 2.69. The summed E-state index contributed by atoms with van der Waals surface area (Å²) in [6.45, 7) is 3.95. The average Bonchev–Trinajstić information content (AvgIpc) is 2.08. The molecule has 0 amide bonds. The molecule has 1 aliphatic carbocycles. The summed E-state index contributed by atoms with van der Waals surface area (Å²) in [5, 5.41) is 3.43. The fourth-order valence-electron chi connectivity index (χ4n) is 1.48. The van der Waals surface area contributed by atoms with Gasteiger partial charge in [-0.25, -0.2) is 0 Å². The Morgan fingerprint density at radius 2 is 2.08 bits per heavy atom. The Morgan fingerprint density at radius 3 is 2.46 bits per heavy atom. The highest BCUT2D eigenvalue weighted by atomic mass is 16.5. The predicted molar refractivity (Wildman–Crippen MR) is 51.4 cm³/mol. The Morgan fingerprint density at radius 1 is 1.46 bits per heavy atom. The van der Waals surface area contributed by atoms with Crippen molar-refractivity contribution in [1.29, 1.82) is 0 Å².